The van der Waals surface area contributed by atoms with Crippen LogP contribution in [-0.4, -0.2) is 18.4 Å². The van der Waals surface area contributed by atoms with Crippen LogP contribution in [-0.2, 0) is 9.57 Å². The number of rotatable bonds is 4. The van der Waals surface area contributed by atoms with Gasteiger partial charge in [0.05, 0.1) is 13.2 Å². The van der Waals surface area contributed by atoms with Gasteiger partial charge >= 0.3 is 0 Å². The van der Waals surface area contributed by atoms with Crippen LogP contribution in [0.1, 0.15) is 6.92 Å². The maximum absolute atomic E-state index is 4.85. The second-order valence-corrected chi connectivity index (χ2v) is 1.79. The fourth-order valence-corrected chi connectivity index (χ4v) is 0.497. The standard InChI is InChI=1S/C6H11NO2S/c1-3-5-9-7-6(10)8-4-2/h3H,1,4-5H2,2H3,(H,7,10). The third kappa shape index (κ3) is 5.53. The van der Waals surface area contributed by atoms with Crippen LogP contribution in [0.4, 0.5) is 0 Å². The summed E-state index contributed by atoms with van der Waals surface area (Å²) in [6.45, 7) is 6.26. The average molecular weight is 161 g/mol. The van der Waals surface area contributed by atoms with Crippen molar-refractivity contribution in [2.45, 2.75) is 6.92 Å². The van der Waals surface area contributed by atoms with Gasteiger partial charge in [0.15, 0.2) is 0 Å². The second-order valence-electron chi connectivity index (χ2n) is 1.42. The second kappa shape index (κ2) is 6.51. The minimum absolute atomic E-state index is 0.254. The predicted molar refractivity (Wildman–Crippen MR) is 43.5 cm³/mol. The summed E-state index contributed by atoms with van der Waals surface area (Å²) in [4.78, 5) is 4.76. The highest BCUT2D eigenvalue weighted by molar-refractivity contribution is 7.80. The molecule has 0 fully saturated rings. The molecule has 0 aromatic carbocycles. The molecular weight excluding hydrogens is 150 g/mol. The molecule has 0 aromatic rings. The monoisotopic (exact) mass is 161 g/mol. The zero-order valence-corrected chi connectivity index (χ0v) is 6.74. The molecule has 0 heterocycles. The first-order valence-corrected chi connectivity index (χ1v) is 3.37. The Hall–Kier alpha value is -0.610. The molecule has 0 rings (SSSR count). The lowest BCUT2D eigenvalue weighted by atomic mass is 10.7. The molecule has 4 heteroatoms. The van der Waals surface area contributed by atoms with Gasteiger partial charge in [-0.05, 0) is 19.1 Å². The number of hydrogen-bond acceptors (Lipinski definition) is 3. The highest BCUT2D eigenvalue weighted by Crippen LogP contribution is 1.77. The van der Waals surface area contributed by atoms with Gasteiger partial charge in [-0.15, -0.1) is 6.58 Å². The van der Waals surface area contributed by atoms with Gasteiger partial charge in [0.1, 0.15) is 0 Å². The molecule has 0 radical (unpaired) electrons. The van der Waals surface area contributed by atoms with Crippen molar-refractivity contribution in [1.29, 1.82) is 0 Å². The van der Waals surface area contributed by atoms with Crippen molar-refractivity contribution in [3.05, 3.63) is 12.7 Å². The molecule has 0 unspecified atom stereocenters. The Morgan fingerprint density at radius 3 is 3.00 bits per heavy atom. The van der Waals surface area contributed by atoms with Crippen LogP contribution in [0.2, 0.25) is 0 Å². The van der Waals surface area contributed by atoms with Gasteiger partial charge in [0.25, 0.3) is 5.17 Å². The molecule has 1 N–H and O–H groups in total. The molecule has 0 aliphatic heterocycles. The van der Waals surface area contributed by atoms with Crippen molar-refractivity contribution in [2.75, 3.05) is 13.2 Å². The molecule has 0 bridgehead atoms. The summed E-state index contributed by atoms with van der Waals surface area (Å²) in [5.74, 6) is 0. The lowest BCUT2D eigenvalue weighted by Gasteiger charge is -2.05. The Labute approximate surface area is 66.0 Å². The fraction of sp³-hybridized carbons (Fsp3) is 0.500. The molecule has 0 spiro atoms. The fourth-order valence-electron chi connectivity index (χ4n) is 0.320. The van der Waals surface area contributed by atoms with Gasteiger partial charge < -0.3 is 4.74 Å². The Kier molecular flexibility index (Phi) is 6.11. The Morgan fingerprint density at radius 2 is 2.50 bits per heavy atom. The molecule has 0 atom stereocenters. The Balaban J connectivity index is 3.13. The molecule has 0 amide bonds. The highest BCUT2D eigenvalue weighted by Gasteiger charge is 1.90. The van der Waals surface area contributed by atoms with Crippen LogP contribution in [0.15, 0.2) is 12.7 Å². The van der Waals surface area contributed by atoms with Gasteiger partial charge in [-0.25, -0.2) is 5.48 Å². The van der Waals surface area contributed by atoms with E-state index in [-0.39, 0.29) is 5.17 Å². The first-order chi connectivity index (χ1) is 4.81. The van der Waals surface area contributed by atoms with Gasteiger partial charge in [0, 0.05) is 0 Å². The highest BCUT2D eigenvalue weighted by atomic mass is 32.1. The molecule has 0 aliphatic rings. The number of hydrogen-bond donors (Lipinski definition) is 1. The Morgan fingerprint density at radius 1 is 1.80 bits per heavy atom. The van der Waals surface area contributed by atoms with E-state index in [1.165, 1.54) is 0 Å². The SMILES string of the molecule is C=CCONC(=S)OCC. The van der Waals surface area contributed by atoms with Gasteiger partial charge in [-0.3, -0.25) is 4.84 Å². The number of ether oxygens (including phenoxy) is 1. The first-order valence-electron chi connectivity index (χ1n) is 2.96. The van der Waals surface area contributed by atoms with Crippen LogP contribution in [0.5, 0.6) is 0 Å². The van der Waals surface area contributed by atoms with Crippen molar-refractivity contribution >= 4 is 17.4 Å². The minimum atomic E-state index is 0.254. The molecule has 3 nitrogen and oxygen atoms in total. The summed E-state index contributed by atoms with van der Waals surface area (Å²) >= 11 is 4.67. The summed E-state index contributed by atoms with van der Waals surface area (Å²) in [5, 5.41) is 0.254. The van der Waals surface area contributed by atoms with E-state index in [0.717, 1.165) is 0 Å². The van der Waals surface area contributed by atoms with Crippen LogP contribution in [0, 0.1) is 0 Å². The quantitative estimate of drug-likeness (QED) is 0.288. The summed E-state index contributed by atoms with van der Waals surface area (Å²) in [6, 6.07) is 0. The lowest BCUT2D eigenvalue weighted by Crippen LogP contribution is -2.24. The topological polar surface area (TPSA) is 30.5 Å². The van der Waals surface area contributed by atoms with Gasteiger partial charge in [0.2, 0.25) is 0 Å². The van der Waals surface area contributed by atoms with E-state index in [1.54, 1.807) is 6.08 Å². The van der Waals surface area contributed by atoms with E-state index in [0.29, 0.717) is 13.2 Å². The summed E-state index contributed by atoms with van der Waals surface area (Å²) < 4.78 is 4.85. The lowest BCUT2D eigenvalue weighted by molar-refractivity contribution is 0.0908. The smallest absolute Gasteiger partial charge is 0.281 e. The van der Waals surface area contributed by atoms with Crippen molar-refractivity contribution in [3.8, 4) is 0 Å². The zero-order valence-electron chi connectivity index (χ0n) is 5.92. The van der Waals surface area contributed by atoms with Crippen molar-refractivity contribution in [2.24, 2.45) is 0 Å². The summed E-state index contributed by atoms with van der Waals surface area (Å²) in [6.07, 6.45) is 1.61. The third-order valence-electron chi connectivity index (χ3n) is 0.632. The van der Waals surface area contributed by atoms with E-state index < -0.39 is 0 Å². The van der Waals surface area contributed by atoms with Crippen LogP contribution in [0.3, 0.4) is 0 Å². The third-order valence-corrected chi connectivity index (χ3v) is 0.833. The molecule has 0 aliphatic carbocycles. The van der Waals surface area contributed by atoms with Crippen LogP contribution >= 0.6 is 12.2 Å². The van der Waals surface area contributed by atoms with Gasteiger partial charge in [-0.2, -0.15) is 0 Å². The number of hydroxylamine groups is 1. The molecule has 58 valence electrons. The number of thiocarbonyl (C=S) groups is 1. The van der Waals surface area contributed by atoms with Gasteiger partial charge in [-0.1, -0.05) is 6.08 Å². The van der Waals surface area contributed by atoms with Crippen molar-refractivity contribution in [3.63, 3.8) is 0 Å². The molecule has 0 saturated carbocycles. The average Bonchev–Trinajstić information content (AvgIpc) is 1.89. The van der Waals surface area contributed by atoms with E-state index >= 15 is 0 Å². The number of nitrogens with one attached hydrogen (secondary N) is 1. The first kappa shape index (κ1) is 9.39. The largest absolute Gasteiger partial charge is 0.470 e. The van der Waals surface area contributed by atoms with E-state index in [1.807, 2.05) is 6.92 Å². The van der Waals surface area contributed by atoms with Crippen molar-refractivity contribution in [1.82, 2.24) is 5.48 Å². The summed E-state index contributed by atoms with van der Waals surface area (Å²) in [7, 11) is 0. The molecule has 0 saturated heterocycles. The zero-order chi connectivity index (χ0) is 7.82. The van der Waals surface area contributed by atoms with Crippen LogP contribution < -0.4 is 5.48 Å². The normalized spacial score (nSPS) is 8.50. The summed E-state index contributed by atoms with van der Waals surface area (Å²) in [5.41, 5.74) is 2.42. The minimum Gasteiger partial charge on any atom is -0.470 e. The molecular formula is C6H11NO2S. The maximum atomic E-state index is 4.85. The predicted octanol–water partition coefficient (Wildman–Crippen LogP) is 1.01. The van der Waals surface area contributed by atoms with E-state index in [9.17, 15) is 0 Å². The molecule has 10 heavy (non-hydrogen) atoms. The van der Waals surface area contributed by atoms with E-state index in [4.69, 9.17) is 9.57 Å². The Bertz CT molecular complexity index is 116. The maximum Gasteiger partial charge on any atom is 0.281 e. The van der Waals surface area contributed by atoms with E-state index in [2.05, 4.69) is 24.3 Å². The van der Waals surface area contributed by atoms with Crippen molar-refractivity contribution < 1.29 is 9.57 Å². The van der Waals surface area contributed by atoms with Crippen LogP contribution in [0.25, 0.3) is 0 Å². The molecule has 0 aromatic heterocycles.